The van der Waals surface area contributed by atoms with E-state index in [0.29, 0.717) is 5.56 Å². The van der Waals surface area contributed by atoms with Gasteiger partial charge in [-0.15, -0.1) is 0 Å². The fraction of sp³-hybridized carbons (Fsp3) is 0.300. The number of benzene rings is 1. The largest absolute Gasteiger partial charge is 0.379 e. The maximum absolute atomic E-state index is 11.8. The summed E-state index contributed by atoms with van der Waals surface area (Å²) in [6, 6.07) is 6.07. The van der Waals surface area contributed by atoms with E-state index in [1.165, 1.54) is 25.2 Å². The maximum Gasteiger partial charge on any atom is 0.379 e. The highest BCUT2D eigenvalue weighted by Crippen LogP contribution is 2.13. The molecule has 7 heteroatoms. The summed E-state index contributed by atoms with van der Waals surface area (Å²) in [7, 11) is -1.99. The number of rotatable bonds is 4. The normalized spacial score (nSPS) is 11.5. The summed E-state index contributed by atoms with van der Waals surface area (Å²) in [5.41, 5.74) is 0.383. The zero-order valence-corrected chi connectivity index (χ0v) is 10.2. The topological polar surface area (TPSA) is 63.7 Å². The molecule has 0 N–H and O–H groups in total. The van der Waals surface area contributed by atoms with Gasteiger partial charge in [-0.2, -0.15) is 0 Å². The van der Waals surface area contributed by atoms with E-state index in [2.05, 4.69) is 4.94 Å². The minimum absolute atomic E-state index is 0.00509. The van der Waals surface area contributed by atoms with Crippen LogP contribution in [-0.2, 0) is 21.5 Å². The van der Waals surface area contributed by atoms with Crippen molar-refractivity contribution in [3.8, 4) is 0 Å². The van der Waals surface area contributed by atoms with E-state index in [0.717, 1.165) is 10.6 Å². The van der Waals surface area contributed by atoms with Crippen LogP contribution in [0.3, 0.4) is 0 Å². The second kappa shape index (κ2) is 5.24. The molecular formula is C10H12FNO4S. The van der Waals surface area contributed by atoms with Gasteiger partial charge >= 0.3 is 5.97 Å². The highest BCUT2D eigenvalue weighted by atomic mass is 32.2. The van der Waals surface area contributed by atoms with Gasteiger partial charge in [0, 0.05) is 18.1 Å². The molecule has 0 heterocycles. The molecule has 0 aliphatic carbocycles. The molecule has 0 radical (unpaired) electrons. The summed E-state index contributed by atoms with van der Waals surface area (Å²) in [5.74, 6) is -1.14. The van der Waals surface area contributed by atoms with Crippen LogP contribution in [0.5, 0.6) is 0 Å². The smallest absolute Gasteiger partial charge is 0.249 e. The molecule has 0 aromatic heterocycles. The third-order valence-corrected chi connectivity index (χ3v) is 3.53. The first kappa shape index (κ1) is 13.6. The molecule has 17 heavy (non-hydrogen) atoms. The zero-order chi connectivity index (χ0) is 13.1. The van der Waals surface area contributed by atoms with Crippen molar-refractivity contribution >= 4 is 16.0 Å². The third kappa shape index (κ3) is 3.50. The van der Waals surface area contributed by atoms with Gasteiger partial charge in [0.2, 0.25) is 10.0 Å². The Labute approximate surface area is 98.8 Å². The second-order valence-corrected chi connectivity index (χ2v) is 5.63. The van der Waals surface area contributed by atoms with Crippen LogP contribution in [0.25, 0.3) is 0 Å². The van der Waals surface area contributed by atoms with Crippen molar-refractivity contribution in [1.29, 1.82) is 0 Å². The fourth-order valence-electron chi connectivity index (χ4n) is 1.26. The highest BCUT2D eigenvalue weighted by Gasteiger charge is 2.17. The molecule has 0 unspecified atom stereocenters. The van der Waals surface area contributed by atoms with Crippen LogP contribution in [0.15, 0.2) is 24.3 Å². The standard InChI is InChI=1S/C10H12FNO4S/c1-12(17(2,14)15)7-8-5-3-4-6-9(8)10(13)16-11/h3-6H,7H2,1-2H3. The van der Waals surface area contributed by atoms with Gasteiger partial charge in [-0.05, 0) is 11.6 Å². The first-order chi connectivity index (χ1) is 7.86. The molecule has 0 fully saturated rings. The Morgan fingerprint density at radius 3 is 2.53 bits per heavy atom. The third-order valence-electron chi connectivity index (χ3n) is 2.27. The highest BCUT2D eigenvalue weighted by molar-refractivity contribution is 7.88. The van der Waals surface area contributed by atoms with Crippen LogP contribution in [0.2, 0.25) is 0 Å². The Kier molecular flexibility index (Phi) is 4.19. The average molecular weight is 261 g/mol. The zero-order valence-electron chi connectivity index (χ0n) is 9.38. The van der Waals surface area contributed by atoms with Gasteiger partial charge in [-0.3, -0.25) is 0 Å². The predicted molar refractivity (Wildman–Crippen MR) is 59.3 cm³/mol. The Balaban J connectivity index is 3.03. The quantitative estimate of drug-likeness (QED) is 0.814. The molecule has 1 aromatic rings. The fourth-order valence-corrected chi connectivity index (χ4v) is 1.63. The molecule has 1 aromatic carbocycles. The summed E-state index contributed by atoms with van der Waals surface area (Å²) in [5, 5.41) is 0. The number of carbonyl (C=O) groups is 1. The average Bonchev–Trinajstić information content (AvgIpc) is 2.27. The van der Waals surface area contributed by atoms with E-state index < -0.39 is 16.0 Å². The van der Waals surface area contributed by atoms with Crippen LogP contribution in [0.1, 0.15) is 15.9 Å². The van der Waals surface area contributed by atoms with Crippen molar-refractivity contribution in [2.24, 2.45) is 0 Å². The number of halogens is 1. The van der Waals surface area contributed by atoms with Crippen LogP contribution in [-0.4, -0.2) is 32.0 Å². The van der Waals surface area contributed by atoms with E-state index in [1.54, 1.807) is 6.07 Å². The molecule has 0 aliphatic heterocycles. The van der Waals surface area contributed by atoms with Crippen LogP contribution >= 0.6 is 0 Å². The van der Waals surface area contributed by atoms with Gasteiger partial charge in [0.05, 0.1) is 11.8 Å². The minimum atomic E-state index is -3.36. The predicted octanol–water partition coefficient (Wildman–Crippen LogP) is 1.12. The lowest BCUT2D eigenvalue weighted by Gasteiger charge is -2.15. The van der Waals surface area contributed by atoms with Crippen LogP contribution in [0.4, 0.5) is 4.53 Å². The van der Waals surface area contributed by atoms with Crippen molar-refractivity contribution < 1.29 is 22.7 Å². The van der Waals surface area contributed by atoms with Crippen molar-refractivity contribution in [1.82, 2.24) is 4.31 Å². The summed E-state index contributed by atoms with van der Waals surface area (Å²) >= 11 is 0. The van der Waals surface area contributed by atoms with Crippen molar-refractivity contribution in [2.75, 3.05) is 13.3 Å². The van der Waals surface area contributed by atoms with Gasteiger partial charge < -0.3 is 0 Å². The lowest BCUT2D eigenvalue weighted by Crippen LogP contribution is -2.25. The molecule has 5 nitrogen and oxygen atoms in total. The lowest BCUT2D eigenvalue weighted by molar-refractivity contribution is -0.0789. The monoisotopic (exact) mass is 261 g/mol. The maximum atomic E-state index is 11.8. The van der Waals surface area contributed by atoms with Crippen LogP contribution in [0, 0.1) is 0 Å². The summed E-state index contributed by atoms with van der Waals surface area (Å²) in [4.78, 5) is 14.2. The Morgan fingerprint density at radius 1 is 1.41 bits per heavy atom. The summed E-state index contributed by atoms with van der Waals surface area (Å²) in [6.45, 7) is -0.0237. The SMILES string of the molecule is CN(Cc1ccccc1C(=O)OF)S(C)(=O)=O. The molecular weight excluding hydrogens is 249 g/mol. The van der Waals surface area contributed by atoms with Gasteiger partial charge in [-0.1, -0.05) is 18.2 Å². The number of nitrogens with zero attached hydrogens (tertiary/aromatic N) is 1. The van der Waals surface area contributed by atoms with E-state index in [1.807, 2.05) is 0 Å². The second-order valence-electron chi connectivity index (χ2n) is 3.54. The molecule has 0 aliphatic rings. The molecule has 0 bridgehead atoms. The molecule has 0 amide bonds. The summed E-state index contributed by atoms with van der Waals surface area (Å²) in [6.07, 6.45) is 1.04. The molecule has 0 spiro atoms. The summed E-state index contributed by atoms with van der Waals surface area (Å²) < 4.78 is 35.3. The number of carbonyl (C=O) groups excluding carboxylic acids is 1. The first-order valence-corrected chi connectivity index (χ1v) is 6.53. The van der Waals surface area contributed by atoms with E-state index in [9.17, 15) is 17.7 Å². The number of hydrogen-bond donors (Lipinski definition) is 0. The van der Waals surface area contributed by atoms with Gasteiger partial charge in [0.1, 0.15) is 0 Å². The molecule has 94 valence electrons. The number of sulfonamides is 1. The van der Waals surface area contributed by atoms with E-state index in [4.69, 9.17) is 0 Å². The first-order valence-electron chi connectivity index (χ1n) is 4.68. The van der Waals surface area contributed by atoms with Gasteiger partial charge in [-0.25, -0.2) is 22.5 Å². The van der Waals surface area contributed by atoms with E-state index >= 15 is 0 Å². The van der Waals surface area contributed by atoms with Crippen LogP contribution < -0.4 is 0 Å². The number of hydrogen-bond acceptors (Lipinski definition) is 4. The van der Waals surface area contributed by atoms with Crippen molar-refractivity contribution in [2.45, 2.75) is 6.54 Å². The lowest BCUT2D eigenvalue weighted by atomic mass is 10.1. The molecule has 1 rings (SSSR count). The van der Waals surface area contributed by atoms with Crippen molar-refractivity contribution in [3.05, 3.63) is 35.4 Å². The molecule has 0 saturated carbocycles. The molecule has 0 atom stereocenters. The minimum Gasteiger partial charge on any atom is -0.249 e. The Hall–Kier alpha value is -1.47. The molecule has 0 saturated heterocycles. The van der Waals surface area contributed by atoms with Crippen molar-refractivity contribution in [3.63, 3.8) is 0 Å². The Bertz CT molecular complexity index is 515. The van der Waals surface area contributed by atoms with Gasteiger partial charge in [0.25, 0.3) is 0 Å². The van der Waals surface area contributed by atoms with E-state index in [-0.39, 0.29) is 12.1 Å². The van der Waals surface area contributed by atoms with Gasteiger partial charge in [0.15, 0.2) is 0 Å². The Morgan fingerprint density at radius 2 is 2.00 bits per heavy atom.